The van der Waals surface area contributed by atoms with Crippen LogP contribution in [0, 0.1) is 5.92 Å². The Balaban J connectivity index is 1.01. The van der Waals surface area contributed by atoms with Crippen LogP contribution in [-0.4, -0.2) is 62.7 Å². The standard InChI is InChI=1S/C26H26N8O3/c35-25-16-19(17-33(25)20-6-8-22(9-7-20)37-21-4-2-1-3-5-21)27-26(36)18-12-14-32(15-13-18)24-11-10-23-28-30-31-34(23)29-24/h1-11,18-19H,12-17H2,(H,27,36). The molecule has 2 aliphatic heterocycles. The Morgan fingerprint density at radius 3 is 2.49 bits per heavy atom. The number of piperidine rings is 1. The maximum atomic E-state index is 13.0. The third-order valence-corrected chi connectivity index (χ3v) is 6.84. The maximum Gasteiger partial charge on any atom is 0.229 e. The molecule has 1 N–H and O–H groups in total. The van der Waals surface area contributed by atoms with Crippen LogP contribution in [0.25, 0.3) is 5.65 Å². The monoisotopic (exact) mass is 498 g/mol. The molecule has 11 heteroatoms. The van der Waals surface area contributed by atoms with Crippen molar-refractivity contribution >= 4 is 29.0 Å². The normalized spacial score (nSPS) is 18.4. The fourth-order valence-electron chi connectivity index (χ4n) is 4.87. The molecule has 2 saturated heterocycles. The number of tetrazole rings is 1. The van der Waals surface area contributed by atoms with Crippen LogP contribution < -0.4 is 19.9 Å². The molecule has 2 aromatic heterocycles. The molecular weight excluding hydrogens is 472 g/mol. The number of hydrogen-bond donors (Lipinski definition) is 1. The van der Waals surface area contributed by atoms with E-state index < -0.39 is 0 Å². The first-order chi connectivity index (χ1) is 18.1. The van der Waals surface area contributed by atoms with Gasteiger partial charge in [-0.15, -0.1) is 14.8 Å². The molecule has 2 amide bonds. The van der Waals surface area contributed by atoms with Crippen molar-refractivity contribution in [3.8, 4) is 11.5 Å². The molecule has 1 atom stereocenters. The van der Waals surface area contributed by atoms with Crippen molar-refractivity contribution in [1.82, 2.24) is 30.6 Å². The van der Waals surface area contributed by atoms with E-state index in [9.17, 15) is 9.59 Å². The maximum absolute atomic E-state index is 13.0. The number of ether oxygens (including phenoxy) is 1. The van der Waals surface area contributed by atoms with Gasteiger partial charge in [-0.2, -0.15) is 0 Å². The van der Waals surface area contributed by atoms with E-state index in [-0.39, 0.29) is 23.8 Å². The molecule has 4 heterocycles. The molecular formula is C26H26N8O3. The first kappa shape index (κ1) is 22.9. The molecule has 4 aromatic rings. The van der Waals surface area contributed by atoms with E-state index >= 15 is 0 Å². The minimum atomic E-state index is -0.206. The van der Waals surface area contributed by atoms with Crippen molar-refractivity contribution in [3.05, 3.63) is 66.7 Å². The number of anilines is 2. The predicted octanol–water partition coefficient (Wildman–Crippen LogP) is 2.45. The van der Waals surface area contributed by atoms with E-state index in [1.807, 2.05) is 66.7 Å². The zero-order chi connectivity index (χ0) is 25.2. The lowest BCUT2D eigenvalue weighted by Gasteiger charge is -2.32. The van der Waals surface area contributed by atoms with Crippen LogP contribution in [0.1, 0.15) is 19.3 Å². The average Bonchev–Trinajstić information content (AvgIpc) is 3.55. The second kappa shape index (κ2) is 9.84. The summed E-state index contributed by atoms with van der Waals surface area (Å²) in [4.78, 5) is 29.5. The van der Waals surface area contributed by atoms with Crippen LogP contribution >= 0.6 is 0 Å². The molecule has 1 unspecified atom stereocenters. The van der Waals surface area contributed by atoms with E-state index in [4.69, 9.17) is 4.74 Å². The Bertz CT molecular complexity index is 1400. The number of para-hydroxylation sites is 1. The molecule has 11 nitrogen and oxygen atoms in total. The van der Waals surface area contributed by atoms with E-state index in [2.05, 4.69) is 30.8 Å². The van der Waals surface area contributed by atoms with E-state index in [1.54, 1.807) is 4.90 Å². The summed E-state index contributed by atoms with van der Waals surface area (Å²) < 4.78 is 7.24. The third-order valence-electron chi connectivity index (χ3n) is 6.84. The molecule has 0 bridgehead atoms. The summed E-state index contributed by atoms with van der Waals surface area (Å²) >= 11 is 0. The Labute approximate surface area is 213 Å². The zero-order valence-electron chi connectivity index (χ0n) is 20.1. The highest BCUT2D eigenvalue weighted by molar-refractivity contribution is 5.97. The Morgan fingerprint density at radius 2 is 1.70 bits per heavy atom. The Hall–Kier alpha value is -4.54. The van der Waals surface area contributed by atoms with Crippen LogP contribution in [0.15, 0.2) is 66.7 Å². The first-order valence-electron chi connectivity index (χ1n) is 12.4. The lowest BCUT2D eigenvalue weighted by Crippen LogP contribution is -2.45. The van der Waals surface area contributed by atoms with Gasteiger partial charge in [-0.05, 0) is 71.8 Å². The van der Waals surface area contributed by atoms with Gasteiger partial charge in [0.15, 0.2) is 11.5 Å². The van der Waals surface area contributed by atoms with Gasteiger partial charge < -0.3 is 19.9 Å². The SMILES string of the molecule is O=C(NC1CC(=O)N(c2ccc(Oc3ccccc3)cc2)C1)C1CCN(c2ccc3nnnn3n2)CC1. The second-order valence-electron chi connectivity index (χ2n) is 9.30. The molecule has 2 fully saturated rings. The highest BCUT2D eigenvalue weighted by atomic mass is 16.5. The molecule has 37 heavy (non-hydrogen) atoms. The van der Waals surface area contributed by atoms with Crippen molar-refractivity contribution in [1.29, 1.82) is 0 Å². The van der Waals surface area contributed by atoms with Crippen molar-refractivity contribution in [2.24, 2.45) is 5.92 Å². The topological polar surface area (TPSA) is 118 Å². The number of carbonyl (C=O) groups excluding carboxylic acids is 2. The van der Waals surface area contributed by atoms with Crippen LogP contribution in [0.3, 0.4) is 0 Å². The summed E-state index contributed by atoms with van der Waals surface area (Å²) in [5, 5.41) is 18.9. The van der Waals surface area contributed by atoms with Gasteiger partial charge in [-0.1, -0.05) is 18.2 Å². The van der Waals surface area contributed by atoms with Crippen molar-refractivity contribution < 1.29 is 14.3 Å². The number of hydrogen-bond acceptors (Lipinski definition) is 8. The summed E-state index contributed by atoms with van der Waals surface area (Å²) in [7, 11) is 0. The van der Waals surface area contributed by atoms with E-state index in [0.29, 0.717) is 50.3 Å². The van der Waals surface area contributed by atoms with Crippen LogP contribution in [-0.2, 0) is 9.59 Å². The van der Waals surface area contributed by atoms with Gasteiger partial charge >= 0.3 is 0 Å². The summed E-state index contributed by atoms with van der Waals surface area (Å²) in [5.74, 6) is 2.16. The van der Waals surface area contributed by atoms with Crippen molar-refractivity contribution in [2.45, 2.75) is 25.3 Å². The van der Waals surface area contributed by atoms with Gasteiger partial charge in [0.25, 0.3) is 0 Å². The smallest absolute Gasteiger partial charge is 0.229 e. The number of rotatable bonds is 6. The molecule has 0 saturated carbocycles. The minimum Gasteiger partial charge on any atom is -0.457 e. The van der Waals surface area contributed by atoms with Gasteiger partial charge in [0.05, 0.1) is 6.04 Å². The largest absolute Gasteiger partial charge is 0.457 e. The Kier molecular flexibility index (Phi) is 6.09. The van der Waals surface area contributed by atoms with Gasteiger partial charge in [0.1, 0.15) is 11.5 Å². The second-order valence-corrected chi connectivity index (χ2v) is 9.30. The number of benzene rings is 2. The molecule has 188 valence electrons. The third kappa shape index (κ3) is 4.92. The minimum absolute atomic E-state index is 0.000847. The van der Waals surface area contributed by atoms with Crippen molar-refractivity contribution in [2.75, 3.05) is 29.4 Å². The number of nitrogens with zero attached hydrogens (tertiary/aromatic N) is 7. The quantitative estimate of drug-likeness (QED) is 0.431. The summed E-state index contributed by atoms with van der Waals surface area (Å²) in [6, 6.07) is 20.5. The zero-order valence-corrected chi connectivity index (χ0v) is 20.1. The molecule has 2 aromatic carbocycles. The first-order valence-corrected chi connectivity index (χ1v) is 12.4. The molecule has 6 rings (SSSR count). The molecule has 0 spiro atoms. The summed E-state index contributed by atoms with van der Waals surface area (Å²) in [6.45, 7) is 1.88. The number of carbonyl (C=O) groups is 2. The predicted molar refractivity (Wildman–Crippen MR) is 135 cm³/mol. The van der Waals surface area contributed by atoms with Crippen LogP contribution in [0.4, 0.5) is 11.5 Å². The van der Waals surface area contributed by atoms with E-state index in [1.165, 1.54) is 4.63 Å². The van der Waals surface area contributed by atoms with Gasteiger partial charge in [0, 0.05) is 37.7 Å². The molecule has 2 aliphatic rings. The average molecular weight is 499 g/mol. The fourth-order valence-corrected chi connectivity index (χ4v) is 4.87. The van der Waals surface area contributed by atoms with Gasteiger partial charge in [0.2, 0.25) is 11.8 Å². The highest BCUT2D eigenvalue weighted by Crippen LogP contribution is 2.28. The molecule has 0 radical (unpaired) electrons. The summed E-state index contributed by atoms with van der Waals surface area (Å²) in [6.07, 6.45) is 1.73. The Morgan fingerprint density at radius 1 is 0.946 bits per heavy atom. The lowest BCUT2D eigenvalue weighted by molar-refractivity contribution is -0.126. The number of fused-ring (bicyclic) bond motifs is 1. The highest BCUT2D eigenvalue weighted by Gasteiger charge is 2.34. The number of nitrogens with one attached hydrogen (secondary N) is 1. The lowest BCUT2D eigenvalue weighted by atomic mass is 9.95. The number of amides is 2. The number of aromatic nitrogens is 5. The van der Waals surface area contributed by atoms with Crippen LogP contribution in [0.2, 0.25) is 0 Å². The fraction of sp³-hybridized carbons (Fsp3) is 0.308. The van der Waals surface area contributed by atoms with Gasteiger partial charge in [-0.3, -0.25) is 9.59 Å². The van der Waals surface area contributed by atoms with Crippen LogP contribution in [0.5, 0.6) is 11.5 Å². The molecule has 0 aliphatic carbocycles. The summed E-state index contributed by atoms with van der Waals surface area (Å²) in [5.41, 5.74) is 1.39. The van der Waals surface area contributed by atoms with E-state index in [0.717, 1.165) is 17.3 Å². The van der Waals surface area contributed by atoms with Crippen molar-refractivity contribution in [3.63, 3.8) is 0 Å². The van der Waals surface area contributed by atoms with Gasteiger partial charge in [-0.25, -0.2) is 0 Å².